The van der Waals surface area contributed by atoms with Gasteiger partial charge in [0.15, 0.2) is 5.69 Å². The molecule has 2 atom stereocenters. The van der Waals surface area contributed by atoms with Crippen LogP contribution >= 0.6 is 0 Å². The highest BCUT2D eigenvalue weighted by Gasteiger charge is 2.24. The molecule has 0 unspecified atom stereocenters. The fourth-order valence-corrected chi connectivity index (χ4v) is 3.53. The van der Waals surface area contributed by atoms with Crippen molar-refractivity contribution in [2.24, 2.45) is 0 Å². The van der Waals surface area contributed by atoms with E-state index >= 15 is 0 Å². The van der Waals surface area contributed by atoms with E-state index < -0.39 is 35.7 Å². The maximum Gasteiger partial charge on any atom is 0.358 e. The van der Waals surface area contributed by atoms with Crippen molar-refractivity contribution in [1.82, 2.24) is 25.6 Å². The van der Waals surface area contributed by atoms with Crippen LogP contribution in [0.15, 0.2) is 54.7 Å². The number of hydrogen-bond donors (Lipinski definition) is 3. The number of carboxylic acid groups (broad SMARTS) is 1. The lowest BCUT2D eigenvalue weighted by Gasteiger charge is -2.21. The zero-order valence-electron chi connectivity index (χ0n) is 19.5. The van der Waals surface area contributed by atoms with Gasteiger partial charge in [-0.15, -0.1) is 5.10 Å². The van der Waals surface area contributed by atoms with Gasteiger partial charge in [-0.3, -0.25) is 14.3 Å². The van der Waals surface area contributed by atoms with Gasteiger partial charge in [0.05, 0.1) is 12.3 Å². The summed E-state index contributed by atoms with van der Waals surface area (Å²) in [6, 6.07) is 12.7. The predicted molar refractivity (Wildman–Crippen MR) is 126 cm³/mol. The van der Waals surface area contributed by atoms with E-state index in [1.807, 2.05) is 37.3 Å². The molecule has 1 aromatic heterocycles. The summed E-state index contributed by atoms with van der Waals surface area (Å²) in [7, 11) is 0. The van der Waals surface area contributed by atoms with Gasteiger partial charge in [-0.05, 0) is 49.6 Å². The van der Waals surface area contributed by atoms with Gasteiger partial charge < -0.3 is 15.7 Å². The van der Waals surface area contributed by atoms with E-state index in [9.17, 15) is 24.0 Å². The molecule has 3 aromatic rings. The zero-order chi connectivity index (χ0) is 26.1. The molecule has 1 heterocycles. The van der Waals surface area contributed by atoms with Crippen LogP contribution in [-0.2, 0) is 17.8 Å². The molecule has 0 saturated heterocycles. The Kier molecular flexibility index (Phi) is 8.83. The number of aromatic carboxylic acids is 1. The van der Waals surface area contributed by atoms with Gasteiger partial charge in [-0.2, -0.15) is 5.26 Å². The van der Waals surface area contributed by atoms with Crippen LogP contribution in [0.3, 0.4) is 0 Å². The molecule has 0 aliphatic carbocycles. The summed E-state index contributed by atoms with van der Waals surface area (Å²) in [5.41, 5.74) is 1.83. The van der Waals surface area contributed by atoms with Crippen LogP contribution in [0.5, 0.6) is 0 Å². The molecule has 36 heavy (non-hydrogen) atoms. The van der Waals surface area contributed by atoms with E-state index in [1.54, 1.807) is 0 Å². The van der Waals surface area contributed by atoms with Gasteiger partial charge in [0.1, 0.15) is 17.9 Å². The predicted octanol–water partition coefficient (Wildman–Crippen LogP) is 2.25. The second-order valence-corrected chi connectivity index (χ2v) is 8.23. The van der Waals surface area contributed by atoms with E-state index in [-0.39, 0.29) is 24.1 Å². The van der Waals surface area contributed by atoms with Crippen LogP contribution in [0, 0.1) is 24.1 Å². The van der Waals surface area contributed by atoms with Crippen molar-refractivity contribution >= 4 is 17.8 Å². The normalized spacial score (nSPS) is 12.2. The molecule has 186 valence electrons. The number of carboxylic acids is 1. The van der Waals surface area contributed by atoms with Crippen LogP contribution in [-0.4, -0.2) is 50.0 Å². The summed E-state index contributed by atoms with van der Waals surface area (Å²) in [5, 5.41) is 31.0. The van der Waals surface area contributed by atoms with Gasteiger partial charge in [0.2, 0.25) is 5.91 Å². The molecule has 3 N–H and O–H groups in total. The van der Waals surface area contributed by atoms with Crippen molar-refractivity contribution in [3.8, 4) is 6.07 Å². The van der Waals surface area contributed by atoms with Crippen molar-refractivity contribution in [3.05, 3.63) is 82.9 Å². The van der Waals surface area contributed by atoms with Crippen LogP contribution in [0.1, 0.15) is 44.8 Å². The van der Waals surface area contributed by atoms with Gasteiger partial charge in [0.25, 0.3) is 5.91 Å². The van der Waals surface area contributed by atoms with Crippen LogP contribution < -0.4 is 10.6 Å². The fraction of sp³-hybridized carbons (Fsp3) is 0.280. The number of carbonyl (C=O) groups excluding carboxylic acids is 2. The summed E-state index contributed by atoms with van der Waals surface area (Å²) in [5.74, 6) is -2.75. The molecule has 3 rings (SSSR count). The maximum atomic E-state index is 13.2. The molecule has 11 heteroatoms. The quantitative estimate of drug-likeness (QED) is 0.371. The molecule has 2 amide bonds. The molecule has 0 fully saturated rings. The van der Waals surface area contributed by atoms with E-state index in [0.29, 0.717) is 13.0 Å². The summed E-state index contributed by atoms with van der Waals surface area (Å²) < 4.78 is 14.6. The highest BCUT2D eigenvalue weighted by molar-refractivity contribution is 5.97. The number of aryl methyl sites for hydroxylation is 2. The Bertz CT molecular complexity index is 1270. The highest BCUT2D eigenvalue weighted by atomic mass is 19.1. The van der Waals surface area contributed by atoms with E-state index in [2.05, 4.69) is 20.9 Å². The first kappa shape index (κ1) is 26.0. The minimum absolute atomic E-state index is 0.184. The Labute approximate surface area is 206 Å². The molecule has 0 aliphatic rings. The number of carbonyl (C=O) groups is 3. The minimum atomic E-state index is -1.19. The number of nitriles is 1. The SMILES string of the molecule is Cc1cccc(C[C@H](NC(=O)c2ccc(F)cc2)C(=O)N[C@H](C#N)CCCn2cc(C(=O)O)nn2)c1. The highest BCUT2D eigenvalue weighted by Crippen LogP contribution is 2.10. The van der Waals surface area contributed by atoms with Crippen LogP contribution in [0.2, 0.25) is 0 Å². The first-order valence-corrected chi connectivity index (χ1v) is 11.2. The van der Waals surface area contributed by atoms with E-state index in [4.69, 9.17) is 5.11 Å². The minimum Gasteiger partial charge on any atom is -0.476 e. The second-order valence-electron chi connectivity index (χ2n) is 8.23. The number of amides is 2. The fourth-order valence-electron chi connectivity index (χ4n) is 3.53. The summed E-state index contributed by atoms with van der Waals surface area (Å²) >= 11 is 0. The Hall–Kier alpha value is -4.59. The Morgan fingerprint density at radius 3 is 2.56 bits per heavy atom. The van der Waals surface area contributed by atoms with E-state index in [0.717, 1.165) is 23.3 Å². The number of hydrogen-bond acceptors (Lipinski definition) is 6. The number of nitrogens with one attached hydrogen (secondary N) is 2. The first-order valence-electron chi connectivity index (χ1n) is 11.2. The Morgan fingerprint density at radius 2 is 1.92 bits per heavy atom. The third-order valence-corrected chi connectivity index (χ3v) is 5.36. The molecule has 0 bridgehead atoms. The molecule has 0 saturated carbocycles. The molecular formula is C25H25FN6O4. The lowest BCUT2D eigenvalue weighted by molar-refractivity contribution is -0.123. The second kappa shape index (κ2) is 12.2. The molecule has 0 radical (unpaired) electrons. The summed E-state index contributed by atoms with van der Waals surface area (Å²) in [6.07, 6.45) is 2.17. The van der Waals surface area contributed by atoms with Gasteiger partial charge in [-0.25, -0.2) is 9.18 Å². The zero-order valence-corrected chi connectivity index (χ0v) is 19.5. The molecule has 0 spiro atoms. The average molecular weight is 493 g/mol. The van der Waals surface area contributed by atoms with Crippen molar-refractivity contribution in [1.29, 1.82) is 5.26 Å². The monoisotopic (exact) mass is 492 g/mol. The molecule has 2 aromatic carbocycles. The summed E-state index contributed by atoms with van der Waals surface area (Å²) in [4.78, 5) is 36.7. The average Bonchev–Trinajstić information content (AvgIpc) is 3.32. The number of aromatic nitrogens is 3. The third-order valence-electron chi connectivity index (χ3n) is 5.36. The third kappa shape index (κ3) is 7.46. The smallest absolute Gasteiger partial charge is 0.358 e. The molecule has 0 aliphatic heterocycles. The Balaban J connectivity index is 1.65. The standard InChI is InChI=1S/C25H25FN6O4/c1-16-4-2-5-17(12-16)13-21(29-23(33)18-7-9-19(26)10-8-18)24(34)28-20(14-27)6-3-11-32-15-22(25(35)36)30-31-32/h2,4-5,7-10,12,15,20-21H,3,6,11,13H2,1H3,(H,28,34)(H,29,33)(H,35,36)/t20-,21-/m0/s1. The number of halogens is 1. The first-order chi connectivity index (χ1) is 17.2. The summed E-state index contributed by atoms with van der Waals surface area (Å²) in [6.45, 7) is 2.22. The van der Waals surface area contributed by atoms with Crippen LogP contribution in [0.4, 0.5) is 4.39 Å². The van der Waals surface area contributed by atoms with Crippen molar-refractivity contribution in [2.75, 3.05) is 0 Å². The number of rotatable bonds is 11. The maximum absolute atomic E-state index is 13.2. The lowest BCUT2D eigenvalue weighted by Crippen LogP contribution is -2.50. The largest absolute Gasteiger partial charge is 0.476 e. The van der Waals surface area contributed by atoms with Crippen molar-refractivity contribution in [3.63, 3.8) is 0 Å². The number of benzene rings is 2. The van der Waals surface area contributed by atoms with Crippen LogP contribution in [0.25, 0.3) is 0 Å². The number of nitrogens with zero attached hydrogens (tertiary/aromatic N) is 4. The lowest BCUT2D eigenvalue weighted by atomic mass is 10.0. The van der Waals surface area contributed by atoms with Crippen molar-refractivity contribution < 1.29 is 23.9 Å². The van der Waals surface area contributed by atoms with Gasteiger partial charge in [0, 0.05) is 18.5 Å². The van der Waals surface area contributed by atoms with Gasteiger partial charge >= 0.3 is 5.97 Å². The molecule has 10 nitrogen and oxygen atoms in total. The van der Waals surface area contributed by atoms with Crippen molar-refractivity contribution in [2.45, 2.75) is 44.8 Å². The topological polar surface area (TPSA) is 150 Å². The Morgan fingerprint density at radius 1 is 1.17 bits per heavy atom. The van der Waals surface area contributed by atoms with Gasteiger partial charge in [-0.1, -0.05) is 35.0 Å². The molecular weight excluding hydrogens is 467 g/mol. The van der Waals surface area contributed by atoms with E-state index in [1.165, 1.54) is 23.0 Å².